The molecule has 1 atom stereocenters. The van der Waals surface area contributed by atoms with Gasteiger partial charge in [0.05, 0.1) is 17.6 Å². The molecule has 0 bridgehead atoms. The van der Waals surface area contributed by atoms with Gasteiger partial charge in [0.2, 0.25) is 18.0 Å². The van der Waals surface area contributed by atoms with Crippen molar-refractivity contribution in [2.24, 2.45) is 5.10 Å². The smallest absolute Gasteiger partial charge is 0.278 e. The van der Waals surface area contributed by atoms with E-state index in [2.05, 4.69) is 5.10 Å². The van der Waals surface area contributed by atoms with Gasteiger partial charge in [-0.1, -0.05) is 12.1 Å². The normalized spacial score (nSPS) is 16.2. The molecule has 8 heteroatoms. The van der Waals surface area contributed by atoms with Crippen molar-refractivity contribution in [1.29, 1.82) is 0 Å². The van der Waals surface area contributed by atoms with Crippen molar-refractivity contribution >= 4 is 17.5 Å². The Morgan fingerprint density at radius 3 is 2.52 bits per heavy atom. The maximum Gasteiger partial charge on any atom is 0.278 e. The Labute approximate surface area is 143 Å². The van der Waals surface area contributed by atoms with E-state index in [-0.39, 0.29) is 23.1 Å². The van der Waals surface area contributed by atoms with Crippen molar-refractivity contribution in [2.75, 3.05) is 7.11 Å². The van der Waals surface area contributed by atoms with Crippen LogP contribution in [-0.4, -0.2) is 28.8 Å². The minimum atomic E-state index is -0.990. The molecule has 0 spiro atoms. The van der Waals surface area contributed by atoms with Gasteiger partial charge in [-0.3, -0.25) is 14.9 Å². The fourth-order valence-corrected chi connectivity index (χ4v) is 2.48. The number of para-hydroxylation sites is 1. The van der Waals surface area contributed by atoms with E-state index in [1.165, 1.54) is 13.0 Å². The largest absolute Gasteiger partial charge is 0.497 e. The molecule has 25 heavy (non-hydrogen) atoms. The molecule has 0 saturated heterocycles. The standard InChI is InChI=1S/C17H15N3O5/c1-11(21)19-17(14-5-3-4-6-15(14)20(22)23)25-16(18-19)12-7-9-13(24-2)10-8-12/h3-10,17H,1-2H3/t17-/m0/s1. The minimum Gasteiger partial charge on any atom is -0.497 e. The topological polar surface area (TPSA) is 94.3 Å². The lowest BCUT2D eigenvalue weighted by atomic mass is 10.1. The Morgan fingerprint density at radius 2 is 1.92 bits per heavy atom. The van der Waals surface area contributed by atoms with Gasteiger partial charge in [0.1, 0.15) is 5.75 Å². The lowest BCUT2D eigenvalue weighted by Gasteiger charge is -2.19. The van der Waals surface area contributed by atoms with Gasteiger partial charge < -0.3 is 9.47 Å². The maximum absolute atomic E-state index is 11.9. The number of carbonyl (C=O) groups is 1. The second-order valence-corrected chi connectivity index (χ2v) is 5.28. The van der Waals surface area contributed by atoms with Crippen LogP contribution in [0.4, 0.5) is 5.69 Å². The van der Waals surface area contributed by atoms with E-state index in [0.717, 1.165) is 5.01 Å². The molecule has 2 aromatic carbocycles. The zero-order chi connectivity index (χ0) is 18.0. The van der Waals surface area contributed by atoms with Crippen LogP contribution in [0.15, 0.2) is 53.6 Å². The molecule has 1 aliphatic rings. The Hall–Kier alpha value is -3.42. The molecule has 0 saturated carbocycles. The molecular formula is C17H15N3O5. The Balaban J connectivity index is 1.97. The van der Waals surface area contributed by atoms with Gasteiger partial charge in [0, 0.05) is 18.6 Å². The van der Waals surface area contributed by atoms with E-state index < -0.39 is 11.2 Å². The SMILES string of the molecule is COc1ccc(C2=NN(C(C)=O)[C@H](c3ccccc3[N+](=O)[O-])O2)cc1. The molecule has 1 heterocycles. The van der Waals surface area contributed by atoms with Gasteiger partial charge in [-0.2, -0.15) is 5.01 Å². The van der Waals surface area contributed by atoms with E-state index in [0.29, 0.717) is 11.3 Å². The number of hydrogen-bond acceptors (Lipinski definition) is 6. The molecule has 0 radical (unpaired) electrons. The lowest BCUT2D eigenvalue weighted by Crippen LogP contribution is -2.25. The van der Waals surface area contributed by atoms with Crippen molar-refractivity contribution in [2.45, 2.75) is 13.2 Å². The van der Waals surface area contributed by atoms with Gasteiger partial charge >= 0.3 is 0 Å². The molecule has 1 aliphatic heterocycles. The van der Waals surface area contributed by atoms with Crippen molar-refractivity contribution in [3.8, 4) is 5.75 Å². The number of rotatable bonds is 4. The fraction of sp³-hybridized carbons (Fsp3) is 0.176. The summed E-state index contributed by atoms with van der Waals surface area (Å²) >= 11 is 0. The number of amides is 1. The average molecular weight is 341 g/mol. The molecule has 0 aromatic heterocycles. The Kier molecular flexibility index (Phi) is 4.34. The number of benzene rings is 2. The summed E-state index contributed by atoms with van der Waals surface area (Å²) in [6, 6.07) is 13.0. The number of nitro benzene ring substituents is 1. The van der Waals surface area contributed by atoms with Crippen molar-refractivity contribution in [3.05, 3.63) is 69.8 Å². The number of nitrogens with zero attached hydrogens (tertiary/aromatic N) is 3. The third-order valence-electron chi connectivity index (χ3n) is 3.70. The van der Waals surface area contributed by atoms with Crippen LogP contribution in [0.3, 0.4) is 0 Å². The first-order valence-corrected chi connectivity index (χ1v) is 7.44. The average Bonchev–Trinajstić information content (AvgIpc) is 3.07. The van der Waals surface area contributed by atoms with Gasteiger partial charge in [0.15, 0.2) is 0 Å². The highest BCUT2D eigenvalue weighted by Gasteiger charge is 2.37. The number of hydrogen-bond donors (Lipinski definition) is 0. The van der Waals surface area contributed by atoms with Crippen LogP contribution in [0.5, 0.6) is 5.75 Å². The summed E-state index contributed by atoms with van der Waals surface area (Å²) in [7, 11) is 1.56. The monoisotopic (exact) mass is 341 g/mol. The van der Waals surface area contributed by atoms with Crippen LogP contribution >= 0.6 is 0 Å². The Morgan fingerprint density at radius 1 is 1.24 bits per heavy atom. The van der Waals surface area contributed by atoms with Crippen LogP contribution in [0.2, 0.25) is 0 Å². The molecule has 1 amide bonds. The second kappa shape index (κ2) is 6.60. The first-order chi connectivity index (χ1) is 12.0. The number of nitro groups is 1. The number of hydrazone groups is 1. The van der Waals surface area contributed by atoms with Crippen LogP contribution in [0, 0.1) is 10.1 Å². The second-order valence-electron chi connectivity index (χ2n) is 5.28. The zero-order valence-corrected chi connectivity index (χ0v) is 13.6. The van der Waals surface area contributed by atoms with Gasteiger partial charge in [-0.25, -0.2) is 0 Å². The third kappa shape index (κ3) is 3.14. The lowest BCUT2D eigenvalue weighted by molar-refractivity contribution is -0.386. The summed E-state index contributed by atoms with van der Waals surface area (Å²) in [5.74, 6) is 0.494. The summed E-state index contributed by atoms with van der Waals surface area (Å²) in [6.45, 7) is 1.32. The summed E-state index contributed by atoms with van der Waals surface area (Å²) < 4.78 is 10.9. The van der Waals surface area contributed by atoms with Crippen LogP contribution < -0.4 is 4.74 Å². The van der Waals surface area contributed by atoms with E-state index in [1.54, 1.807) is 49.6 Å². The van der Waals surface area contributed by atoms with Crippen molar-refractivity contribution in [1.82, 2.24) is 5.01 Å². The summed E-state index contributed by atoms with van der Waals surface area (Å²) in [5.41, 5.74) is 0.757. The van der Waals surface area contributed by atoms with Gasteiger partial charge in [-0.15, -0.1) is 5.10 Å². The minimum absolute atomic E-state index is 0.134. The molecule has 0 N–H and O–H groups in total. The predicted octanol–water partition coefficient (Wildman–Crippen LogP) is 2.84. The van der Waals surface area contributed by atoms with Gasteiger partial charge in [-0.05, 0) is 30.3 Å². The maximum atomic E-state index is 11.9. The molecule has 8 nitrogen and oxygen atoms in total. The van der Waals surface area contributed by atoms with E-state index in [1.807, 2.05) is 0 Å². The highest BCUT2D eigenvalue weighted by atomic mass is 16.6. The molecule has 2 aromatic rings. The predicted molar refractivity (Wildman–Crippen MR) is 89.0 cm³/mol. The molecular weight excluding hydrogens is 326 g/mol. The zero-order valence-electron chi connectivity index (χ0n) is 13.6. The molecule has 0 fully saturated rings. The van der Waals surface area contributed by atoms with E-state index in [9.17, 15) is 14.9 Å². The first-order valence-electron chi connectivity index (χ1n) is 7.44. The quantitative estimate of drug-likeness (QED) is 0.629. The van der Waals surface area contributed by atoms with Crippen molar-refractivity contribution in [3.63, 3.8) is 0 Å². The van der Waals surface area contributed by atoms with Crippen LogP contribution in [-0.2, 0) is 9.53 Å². The molecule has 128 valence electrons. The van der Waals surface area contributed by atoms with E-state index >= 15 is 0 Å². The summed E-state index contributed by atoms with van der Waals surface area (Å²) in [4.78, 5) is 22.7. The fourth-order valence-electron chi connectivity index (χ4n) is 2.48. The van der Waals surface area contributed by atoms with E-state index in [4.69, 9.17) is 9.47 Å². The highest BCUT2D eigenvalue weighted by molar-refractivity contribution is 5.96. The number of ether oxygens (including phenoxy) is 2. The molecule has 3 rings (SSSR count). The molecule has 0 unspecified atom stereocenters. The van der Waals surface area contributed by atoms with Crippen molar-refractivity contribution < 1.29 is 19.2 Å². The first kappa shape index (κ1) is 16.4. The summed E-state index contributed by atoms with van der Waals surface area (Å²) in [5, 5.41) is 16.6. The summed E-state index contributed by atoms with van der Waals surface area (Å²) in [6.07, 6.45) is -0.990. The molecule has 0 aliphatic carbocycles. The Bertz CT molecular complexity index is 848. The van der Waals surface area contributed by atoms with Crippen LogP contribution in [0.25, 0.3) is 0 Å². The third-order valence-corrected chi connectivity index (χ3v) is 3.70. The van der Waals surface area contributed by atoms with Gasteiger partial charge in [0.25, 0.3) is 5.69 Å². The highest BCUT2D eigenvalue weighted by Crippen LogP contribution is 2.35. The number of methoxy groups -OCH3 is 1. The van der Waals surface area contributed by atoms with Crippen LogP contribution in [0.1, 0.15) is 24.3 Å². The number of carbonyl (C=O) groups excluding carboxylic acids is 1.